The number of carbonyl (C=O) groups is 2. The molecule has 0 unspecified atom stereocenters. The maximum absolute atomic E-state index is 12.4. The van der Waals surface area contributed by atoms with Crippen molar-refractivity contribution < 1.29 is 19.1 Å². The first-order valence-electron chi connectivity index (χ1n) is 10.5. The molecule has 1 aromatic carbocycles. The highest BCUT2D eigenvalue weighted by atomic mass is 16.6. The van der Waals surface area contributed by atoms with Crippen LogP contribution in [-0.4, -0.2) is 66.7 Å². The van der Waals surface area contributed by atoms with Gasteiger partial charge in [0.25, 0.3) is 0 Å². The molecular weight excluding hydrogens is 370 g/mol. The van der Waals surface area contributed by atoms with E-state index in [9.17, 15) is 9.59 Å². The minimum Gasteiger partial charge on any atom is -0.493 e. The molecule has 2 aliphatic rings. The second kappa shape index (κ2) is 9.48. The number of hydrogen-bond donors (Lipinski definition) is 1. The number of nitrogens with one attached hydrogen (secondary N) is 1. The van der Waals surface area contributed by atoms with Crippen molar-refractivity contribution in [1.29, 1.82) is 0 Å². The first-order chi connectivity index (χ1) is 13.8. The smallest absolute Gasteiger partial charge is 0.407 e. The van der Waals surface area contributed by atoms with Gasteiger partial charge < -0.3 is 19.7 Å². The van der Waals surface area contributed by atoms with Crippen LogP contribution in [0.4, 0.5) is 4.79 Å². The summed E-state index contributed by atoms with van der Waals surface area (Å²) in [7, 11) is 0. The van der Waals surface area contributed by atoms with Gasteiger partial charge in [0.2, 0.25) is 5.91 Å². The van der Waals surface area contributed by atoms with Gasteiger partial charge in [-0.3, -0.25) is 9.69 Å². The Hall–Kier alpha value is -2.28. The number of piperazine rings is 1. The zero-order valence-electron chi connectivity index (χ0n) is 17.8. The Morgan fingerprint density at radius 2 is 1.93 bits per heavy atom. The fourth-order valence-corrected chi connectivity index (χ4v) is 3.65. The van der Waals surface area contributed by atoms with Gasteiger partial charge in [0.05, 0.1) is 6.61 Å². The van der Waals surface area contributed by atoms with Crippen LogP contribution in [-0.2, 0) is 22.5 Å². The van der Waals surface area contributed by atoms with Gasteiger partial charge in [-0.15, -0.1) is 0 Å². The Labute approximate surface area is 173 Å². The molecule has 29 heavy (non-hydrogen) atoms. The number of rotatable bonds is 6. The van der Waals surface area contributed by atoms with E-state index in [1.165, 1.54) is 11.1 Å². The molecule has 0 aromatic heterocycles. The number of fused-ring (bicyclic) bond motifs is 1. The lowest BCUT2D eigenvalue weighted by Gasteiger charge is -2.35. The first-order valence-corrected chi connectivity index (χ1v) is 10.5. The average Bonchev–Trinajstić information content (AvgIpc) is 3.12. The third-order valence-electron chi connectivity index (χ3n) is 5.12. The summed E-state index contributed by atoms with van der Waals surface area (Å²) in [5, 5.41) is 2.70. The lowest BCUT2D eigenvalue weighted by Crippen LogP contribution is -2.48. The number of alkyl carbamates (subject to hydrolysis) is 1. The topological polar surface area (TPSA) is 71.1 Å². The van der Waals surface area contributed by atoms with Crippen LogP contribution in [0.5, 0.6) is 5.75 Å². The summed E-state index contributed by atoms with van der Waals surface area (Å²) in [5.41, 5.74) is 2.10. The SMILES string of the molecule is CC(C)(C)OC(=O)NCCCC(=O)N1CCN(Cc2ccc3c(c2)CCO3)CC1. The van der Waals surface area contributed by atoms with Crippen LogP contribution in [0.25, 0.3) is 0 Å². The van der Waals surface area contributed by atoms with Gasteiger partial charge in [-0.05, 0) is 44.4 Å². The molecule has 1 fully saturated rings. The van der Waals surface area contributed by atoms with E-state index in [1.54, 1.807) is 0 Å². The van der Waals surface area contributed by atoms with Crippen molar-refractivity contribution in [3.63, 3.8) is 0 Å². The number of hydrogen-bond acceptors (Lipinski definition) is 5. The minimum absolute atomic E-state index is 0.158. The summed E-state index contributed by atoms with van der Waals surface area (Å²) in [6.45, 7) is 10.9. The molecule has 1 aromatic rings. The molecular formula is C22H33N3O4. The standard InChI is InChI=1S/C22H33N3O4/c1-22(2,3)29-21(27)23-9-4-5-20(26)25-12-10-24(11-13-25)16-17-6-7-19-18(15-17)8-14-28-19/h6-7,15H,4-5,8-14,16H2,1-3H3,(H,23,27). The lowest BCUT2D eigenvalue weighted by molar-refractivity contribution is -0.133. The molecule has 2 aliphatic heterocycles. The van der Waals surface area contributed by atoms with Crippen LogP contribution < -0.4 is 10.1 Å². The van der Waals surface area contributed by atoms with E-state index in [-0.39, 0.29) is 5.91 Å². The van der Waals surface area contributed by atoms with E-state index in [2.05, 4.69) is 28.4 Å². The van der Waals surface area contributed by atoms with E-state index in [0.717, 1.165) is 51.5 Å². The Kier molecular flexibility index (Phi) is 7.00. The van der Waals surface area contributed by atoms with E-state index in [1.807, 2.05) is 25.7 Å². The zero-order chi connectivity index (χ0) is 20.9. The van der Waals surface area contributed by atoms with Gasteiger partial charge in [0.15, 0.2) is 0 Å². The van der Waals surface area contributed by atoms with Crippen LogP contribution >= 0.6 is 0 Å². The van der Waals surface area contributed by atoms with E-state index in [0.29, 0.717) is 19.4 Å². The first kappa shape index (κ1) is 21.4. The number of carbonyl (C=O) groups excluding carboxylic acids is 2. The quantitative estimate of drug-likeness (QED) is 0.740. The molecule has 0 bridgehead atoms. The summed E-state index contributed by atoms with van der Waals surface area (Å²) in [5.74, 6) is 1.18. The van der Waals surface area contributed by atoms with Crippen molar-refractivity contribution in [3.8, 4) is 5.75 Å². The minimum atomic E-state index is -0.507. The molecule has 0 saturated carbocycles. The molecule has 2 amide bonds. The molecule has 0 radical (unpaired) electrons. The second-order valence-electron chi connectivity index (χ2n) is 8.73. The molecule has 1 N–H and O–H groups in total. The average molecular weight is 404 g/mol. The summed E-state index contributed by atoms with van der Waals surface area (Å²) in [6, 6.07) is 6.46. The Morgan fingerprint density at radius 3 is 2.66 bits per heavy atom. The van der Waals surface area contributed by atoms with Crippen LogP contribution in [0.1, 0.15) is 44.7 Å². The van der Waals surface area contributed by atoms with Crippen LogP contribution in [0.3, 0.4) is 0 Å². The summed E-state index contributed by atoms with van der Waals surface area (Å²) in [4.78, 5) is 28.4. The molecule has 0 spiro atoms. The fraction of sp³-hybridized carbons (Fsp3) is 0.636. The highest BCUT2D eigenvalue weighted by Gasteiger charge is 2.22. The van der Waals surface area contributed by atoms with Gasteiger partial charge in [0, 0.05) is 52.1 Å². The summed E-state index contributed by atoms with van der Waals surface area (Å²) < 4.78 is 10.8. The maximum Gasteiger partial charge on any atom is 0.407 e. The van der Waals surface area contributed by atoms with Crippen LogP contribution in [0.2, 0.25) is 0 Å². The number of benzene rings is 1. The maximum atomic E-state index is 12.4. The Balaban J connectivity index is 1.33. The van der Waals surface area contributed by atoms with Crippen molar-refractivity contribution in [2.24, 2.45) is 0 Å². The Bertz CT molecular complexity index is 721. The normalized spacial score (nSPS) is 16.9. The summed E-state index contributed by atoms with van der Waals surface area (Å²) in [6.07, 6.45) is 1.63. The van der Waals surface area contributed by atoms with Crippen LogP contribution in [0, 0.1) is 0 Å². The van der Waals surface area contributed by atoms with Gasteiger partial charge in [-0.25, -0.2) is 4.79 Å². The third-order valence-corrected chi connectivity index (χ3v) is 5.12. The summed E-state index contributed by atoms with van der Waals surface area (Å²) >= 11 is 0. The number of ether oxygens (including phenoxy) is 2. The van der Waals surface area contributed by atoms with E-state index >= 15 is 0 Å². The van der Waals surface area contributed by atoms with Crippen LogP contribution in [0.15, 0.2) is 18.2 Å². The van der Waals surface area contributed by atoms with Crippen molar-refractivity contribution in [2.75, 3.05) is 39.3 Å². The monoisotopic (exact) mass is 403 g/mol. The van der Waals surface area contributed by atoms with Gasteiger partial charge >= 0.3 is 6.09 Å². The second-order valence-corrected chi connectivity index (χ2v) is 8.73. The van der Waals surface area contributed by atoms with Crippen molar-refractivity contribution >= 4 is 12.0 Å². The van der Waals surface area contributed by atoms with Gasteiger partial charge in [-0.1, -0.05) is 12.1 Å². The molecule has 3 rings (SSSR count). The third kappa shape index (κ3) is 6.63. The molecule has 2 heterocycles. The Morgan fingerprint density at radius 1 is 1.17 bits per heavy atom. The molecule has 0 aliphatic carbocycles. The fourth-order valence-electron chi connectivity index (χ4n) is 3.65. The molecule has 160 valence electrons. The lowest BCUT2D eigenvalue weighted by atomic mass is 10.1. The molecule has 7 nitrogen and oxygen atoms in total. The molecule has 7 heteroatoms. The highest BCUT2D eigenvalue weighted by molar-refractivity contribution is 5.76. The highest BCUT2D eigenvalue weighted by Crippen LogP contribution is 2.26. The van der Waals surface area contributed by atoms with Gasteiger partial charge in [0.1, 0.15) is 11.4 Å². The molecule has 0 atom stereocenters. The van der Waals surface area contributed by atoms with Crippen molar-refractivity contribution in [2.45, 2.75) is 52.2 Å². The number of amides is 2. The van der Waals surface area contributed by atoms with E-state index < -0.39 is 11.7 Å². The van der Waals surface area contributed by atoms with Gasteiger partial charge in [-0.2, -0.15) is 0 Å². The predicted octanol–water partition coefficient (Wildman–Crippen LogP) is 2.57. The largest absolute Gasteiger partial charge is 0.493 e. The van der Waals surface area contributed by atoms with Crippen molar-refractivity contribution in [1.82, 2.24) is 15.1 Å². The predicted molar refractivity (Wildman–Crippen MR) is 111 cm³/mol. The molecule has 1 saturated heterocycles. The van der Waals surface area contributed by atoms with E-state index in [4.69, 9.17) is 9.47 Å². The number of nitrogens with zero attached hydrogens (tertiary/aromatic N) is 2. The van der Waals surface area contributed by atoms with Crippen molar-refractivity contribution in [3.05, 3.63) is 29.3 Å². The zero-order valence-corrected chi connectivity index (χ0v) is 17.8.